The molecule has 0 saturated heterocycles. The molecule has 2 aromatic rings. The number of hydrogen-bond donors (Lipinski definition) is 0. The average molecular weight is 310 g/mol. The van der Waals surface area contributed by atoms with Crippen LogP contribution in [-0.4, -0.2) is 32.1 Å². The molecule has 0 aliphatic rings. The number of esters is 1. The molecule has 0 N–H and O–H groups in total. The molecule has 0 aliphatic heterocycles. The summed E-state index contributed by atoms with van der Waals surface area (Å²) < 4.78 is 9.82. The van der Waals surface area contributed by atoms with Crippen molar-refractivity contribution in [3.05, 3.63) is 77.4 Å². The zero-order valence-corrected chi connectivity index (χ0v) is 12.9. The van der Waals surface area contributed by atoms with Crippen LogP contribution in [0.3, 0.4) is 0 Å². The largest absolute Gasteiger partial charge is 0.460 e. The second-order valence-electron chi connectivity index (χ2n) is 4.81. The first-order valence-corrected chi connectivity index (χ1v) is 7.24. The van der Waals surface area contributed by atoms with Gasteiger partial charge in [0.1, 0.15) is 6.61 Å². The van der Waals surface area contributed by atoms with E-state index in [9.17, 15) is 9.59 Å². The first kappa shape index (κ1) is 16.6. The fraction of sp³-hybridized carbons (Fsp3) is 0.158. The predicted molar refractivity (Wildman–Crippen MR) is 88.4 cm³/mol. The third-order valence-electron chi connectivity index (χ3n) is 3.15. The lowest BCUT2D eigenvalue weighted by atomic mass is 10.1. The quantitative estimate of drug-likeness (QED) is 0.340. The van der Waals surface area contributed by atoms with Gasteiger partial charge in [-0.05, 0) is 23.8 Å². The number of carbonyl (C=O) groups excluding carboxylic acids is 2. The number of ketones is 1. The van der Waals surface area contributed by atoms with Crippen LogP contribution >= 0.6 is 0 Å². The zero-order chi connectivity index (χ0) is 16.5. The average Bonchev–Trinajstić information content (AvgIpc) is 2.61. The van der Waals surface area contributed by atoms with E-state index >= 15 is 0 Å². The Bertz CT molecular complexity index is 672. The van der Waals surface area contributed by atoms with Crippen molar-refractivity contribution < 1.29 is 19.1 Å². The number of allylic oxidation sites excluding steroid dienone is 1. The van der Waals surface area contributed by atoms with Crippen molar-refractivity contribution in [3.8, 4) is 0 Å². The Morgan fingerprint density at radius 1 is 0.913 bits per heavy atom. The van der Waals surface area contributed by atoms with Crippen LogP contribution in [0, 0.1) is 0 Å². The second kappa shape index (κ2) is 8.66. The summed E-state index contributed by atoms with van der Waals surface area (Å²) in [5.41, 5.74) is 1.88. The van der Waals surface area contributed by atoms with Crippen LogP contribution in [0.4, 0.5) is 0 Å². The lowest BCUT2D eigenvalue weighted by molar-refractivity contribution is 0.0388. The van der Waals surface area contributed by atoms with Crippen molar-refractivity contribution in [2.24, 2.45) is 0 Å². The molecule has 0 spiro atoms. The van der Waals surface area contributed by atoms with Crippen LogP contribution in [0.1, 0.15) is 26.3 Å². The maximum absolute atomic E-state index is 12.1. The van der Waals surface area contributed by atoms with E-state index in [1.807, 2.05) is 30.3 Å². The van der Waals surface area contributed by atoms with Crippen LogP contribution < -0.4 is 0 Å². The minimum Gasteiger partial charge on any atom is -0.460 e. The van der Waals surface area contributed by atoms with E-state index in [-0.39, 0.29) is 12.4 Å². The monoisotopic (exact) mass is 310 g/mol. The Labute approximate surface area is 135 Å². The summed E-state index contributed by atoms with van der Waals surface area (Å²) in [4.78, 5) is 23.8. The van der Waals surface area contributed by atoms with Gasteiger partial charge in [-0.2, -0.15) is 0 Å². The minimum absolute atomic E-state index is 0.117. The summed E-state index contributed by atoms with van der Waals surface area (Å²) in [6, 6.07) is 16.0. The molecule has 0 heterocycles. The van der Waals surface area contributed by atoms with Gasteiger partial charge in [-0.15, -0.1) is 0 Å². The summed E-state index contributed by atoms with van der Waals surface area (Å²) in [5, 5.41) is 0. The second-order valence-corrected chi connectivity index (χ2v) is 4.81. The molecule has 23 heavy (non-hydrogen) atoms. The number of hydrogen-bond acceptors (Lipinski definition) is 4. The highest BCUT2D eigenvalue weighted by atomic mass is 16.6. The molecular formula is C19H18O4. The smallest absolute Gasteiger partial charge is 0.338 e. The third-order valence-corrected chi connectivity index (χ3v) is 3.15. The van der Waals surface area contributed by atoms with Crippen molar-refractivity contribution in [1.82, 2.24) is 0 Å². The SMILES string of the molecule is COCCOC(=O)c1ccc(C(=O)/C=C/c2ccccc2)cc1. The fourth-order valence-corrected chi connectivity index (χ4v) is 1.90. The molecule has 118 valence electrons. The summed E-state index contributed by atoms with van der Waals surface area (Å²) in [6.45, 7) is 0.558. The zero-order valence-electron chi connectivity index (χ0n) is 12.9. The van der Waals surface area contributed by atoms with Gasteiger partial charge in [-0.1, -0.05) is 48.5 Å². The Balaban J connectivity index is 1.97. The van der Waals surface area contributed by atoms with E-state index < -0.39 is 5.97 Å². The Kier molecular flexibility index (Phi) is 6.27. The highest BCUT2D eigenvalue weighted by molar-refractivity contribution is 6.07. The van der Waals surface area contributed by atoms with Crippen LogP contribution in [0.2, 0.25) is 0 Å². The molecule has 0 amide bonds. The molecule has 0 atom stereocenters. The highest BCUT2D eigenvalue weighted by Crippen LogP contribution is 2.09. The van der Waals surface area contributed by atoms with Crippen molar-refractivity contribution in [2.75, 3.05) is 20.3 Å². The van der Waals surface area contributed by atoms with Gasteiger partial charge in [0, 0.05) is 12.7 Å². The molecular weight excluding hydrogens is 292 g/mol. The van der Waals surface area contributed by atoms with Gasteiger partial charge in [0.05, 0.1) is 12.2 Å². The van der Waals surface area contributed by atoms with Crippen molar-refractivity contribution in [3.63, 3.8) is 0 Å². The first-order chi connectivity index (χ1) is 11.2. The third kappa shape index (κ3) is 5.20. The standard InChI is InChI=1S/C19H18O4/c1-22-13-14-23-19(21)17-10-8-16(9-11-17)18(20)12-7-15-5-3-2-4-6-15/h2-12H,13-14H2,1H3/b12-7+. The van der Waals surface area contributed by atoms with Gasteiger partial charge >= 0.3 is 5.97 Å². The molecule has 0 unspecified atom stereocenters. The van der Waals surface area contributed by atoms with Gasteiger partial charge < -0.3 is 9.47 Å². The van der Waals surface area contributed by atoms with Crippen LogP contribution in [0.25, 0.3) is 6.08 Å². The first-order valence-electron chi connectivity index (χ1n) is 7.24. The number of methoxy groups -OCH3 is 1. The maximum atomic E-state index is 12.1. The van der Waals surface area contributed by atoms with Gasteiger partial charge in [0.25, 0.3) is 0 Å². The summed E-state index contributed by atoms with van der Waals surface area (Å²) in [5.74, 6) is -0.547. The van der Waals surface area contributed by atoms with Crippen molar-refractivity contribution >= 4 is 17.8 Å². The topological polar surface area (TPSA) is 52.6 Å². The number of benzene rings is 2. The van der Waals surface area contributed by atoms with E-state index in [0.717, 1.165) is 5.56 Å². The van der Waals surface area contributed by atoms with E-state index in [0.29, 0.717) is 17.7 Å². The van der Waals surface area contributed by atoms with Crippen LogP contribution in [-0.2, 0) is 9.47 Å². The van der Waals surface area contributed by atoms with Gasteiger partial charge in [-0.25, -0.2) is 4.79 Å². The molecule has 0 radical (unpaired) electrons. The van der Waals surface area contributed by atoms with E-state index in [4.69, 9.17) is 9.47 Å². The highest BCUT2D eigenvalue weighted by Gasteiger charge is 2.08. The minimum atomic E-state index is -0.430. The molecule has 4 nitrogen and oxygen atoms in total. The van der Waals surface area contributed by atoms with Crippen LogP contribution in [0.5, 0.6) is 0 Å². The lowest BCUT2D eigenvalue weighted by Gasteiger charge is -2.04. The predicted octanol–water partition coefficient (Wildman–Crippen LogP) is 3.39. The number of carbonyl (C=O) groups is 2. The molecule has 0 aromatic heterocycles. The fourth-order valence-electron chi connectivity index (χ4n) is 1.90. The van der Waals surface area contributed by atoms with Crippen molar-refractivity contribution in [1.29, 1.82) is 0 Å². The van der Waals surface area contributed by atoms with E-state index in [1.54, 1.807) is 30.3 Å². The summed E-state index contributed by atoms with van der Waals surface area (Å²) in [6.07, 6.45) is 3.27. The maximum Gasteiger partial charge on any atom is 0.338 e. The Hall–Kier alpha value is -2.72. The molecule has 2 rings (SSSR count). The lowest BCUT2D eigenvalue weighted by Crippen LogP contribution is -2.10. The van der Waals surface area contributed by atoms with Gasteiger partial charge in [0.2, 0.25) is 0 Å². The van der Waals surface area contributed by atoms with Gasteiger partial charge in [-0.3, -0.25) is 4.79 Å². The van der Waals surface area contributed by atoms with Gasteiger partial charge in [0.15, 0.2) is 5.78 Å². The molecule has 0 bridgehead atoms. The normalized spacial score (nSPS) is 10.7. The molecule has 0 saturated carbocycles. The molecule has 4 heteroatoms. The summed E-state index contributed by atoms with van der Waals surface area (Å²) in [7, 11) is 1.54. The summed E-state index contributed by atoms with van der Waals surface area (Å²) >= 11 is 0. The molecule has 0 aliphatic carbocycles. The van der Waals surface area contributed by atoms with E-state index in [2.05, 4.69) is 0 Å². The Morgan fingerprint density at radius 2 is 1.57 bits per heavy atom. The van der Waals surface area contributed by atoms with Crippen molar-refractivity contribution in [2.45, 2.75) is 0 Å². The number of ether oxygens (including phenoxy) is 2. The molecule has 0 fully saturated rings. The Morgan fingerprint density at radius 3 is 2.22 bits per heavy atom. The van der Waals surface area contributed by atoms with Crippen LogP contribution in [0.15, 0.2) is 60.7 Å². The van der Waals surface area contributed by atoms with E-state index in [1.165, 1.54) is 13.2 Å². The molecule has 2 aromatic carbocycles. The number of rotatable bonds is 7.